The number of hydrogen-bond acceptors (Lipinski definition) is 4. The molecule has 7 heteroatoms. The number of halogens is 1. The summed E-state index contributed by atoms with van der Waals surface area (Å²) >= 11 is 0. The third-order valence-electron chi connectivity index (χ3n) is 7.13. The number of piperazine rings is 1. The number of piperidine rings is 1. The number of nitrogens with zero attached hydrogens (tertiary/aromatic N) is 3. The van der Waals surface area contributed by atoms with Crippen LogP contribution < -0.4 is 0 Å². The van der Waals surface area contributed by atoms with Gasteiger partial charge in [-0.3, -0.25) is 9.69 Å². The zero-order chi connectivity index (χ0) is 22.8. The van der Waals surface area contributed by atoms with E-state index in [0.29, 0.717) is 32.6 Å². The van der Waals surface area contributed by atoms with Crippen molar-refractivity contribution >= 4 is 11.8 Å². The number of likely N-dealkylation sites (tertiary alicyclic amines) is 1. The van der Waals surface area contributed by atoms with Crippen molar-refractivity contribution in [3.63, 3.8) is 0 Å². The van der Waals surface area contributed by atoms with Gasteiger partial charge in [0.05, 0.1) is 12.1 Å². The van der Waals surface area contributed by atoms with Crippen LogP contribution in [0.5, 0.6) is 0 Å². The van der Waals surface area contributed by atoms with Crippen LogP contribution in [0.25, 0.3) is 0 Å². The van der Waals surface area contributed by atoms with Crippen molar-refractivity contribution in [2.24, 2.45) is 5.92 Å². The summed E-state index contributed by atoms with van der Waals surface area (Å²) < 4.78 is 19.2. The molecule has 2 aromatic rings. The average Bonchev–Trinajstić information content (AvgIpc) is 2.85. The molecule has 0 bridgehead atoms. The summed E-state index contributed by atoms with van der Waals surface area (Å²) in [6.07, 6.45) is 1.41. The summed E-state index contributed by atoms with van der Waals surface area (Å²) in [4.78, 5) is 31.2. The van der Waals surface area contributed by atoms with Crippen molar-refractivity contribution in [1.29, 1.82) is 0 Å². The van der Waals surface area contributed by atoms with Crippen molar-refractivity contribution in [2.45, 2.75) is 25.0 Å². The zero-order valence-electron chi connectivity index (χ0n) is 18.7. The van der Waals surface area contributed by atoms with Gasteiger partial charge in [0.15, 0.2) is 5.78 Å². The normalized spacial score (nSPS) is 24.9. The summed E-state index contributed by atoms with van der Waals surface area (Å²) in [6.45, 7) is 4.25. The first kappa shape index (κ1) is 22.0. The molecular formula is C26H30FN3O3. The number of Topliss-reactive ketones (excluding diaryl/α,β-unsaturated/α-hetero) is 1. The van der Waals surface area contributed by atoms with E-state index < -0.39 is 0 Å². The Labute approximate surface area is 193 Å². The smallest absolute Gasteiger partial charge is 0.320 e. The van der Waals surface area contributed by atoms with Crippen molar-refractivity contribution in [2.75, 3.05) is 45.9 Å². The maximum absolute atomic E-state index is 13.5. The minimum Gasteiger partial charge on any atom is -0.370 e. The fourth-order valence-electron chi connectivity index (χ4n) is 5.42. The molecule has 0 spiro atoms. The molecule has 2 amide bonds. The molecule has 0 radical (unpaired) electrons. The first-order chi connectivity index (χ1) is 16.1. The molecule has 5 rings (SSSR count). The molecule has 0 N–H and O–H groups in total. The molecule has 6 nitrogen and oxygen atoms in total. The van der Waals surface area contributed by atoms with E-state index >= 15 is 0 Å². The third kappa shape index (κ3) is 4.80. The predicted octanol–water partition coefficient (Wildman–Crippen LogP) is 3.33. The number of hydrogen-bond donors (Lipinski definition) is 0. The number of carbonyl (C=O) groups is 2. The lowest BCUT2D eigenvalue weighted by atomic mass is 9.88. The van der Waals surface area contributed by atoms with Crippen molar-refractivity contribution in [3.8, 4) is 0 Å². The van der Waals surface area contributed by atoms with Gasteiger partial charge in [0.2, 0.25) is 0 Å². The lowest BCUT2D eigenvalue weighted by molar-refractivity contribution is -0.140. The summed E-state index contributed by atoms with van der Waals surface area (Å²) in [6, 6.07) is 17.0. The van der Waals surface area contributed by atoms with E-state index in [9.17, 15) is 14.0 Å². The highest BCUT2D eigenvalue weighted by atomic mass is 19.1. The van der Waals surface area contributed by atoms with Crippen LogP contribution >= 0.6 is 0 Å². The first-order valence-corrected chi connectivity index (χ1v) is 11.8. The Morgan fingerprint density at radius 2 is 1.61 bits per heavy atom. The highest BCUT2D eigenvalue weighted by Gasteiger charge is 2.38. The average molecular weight is 452 g/mol. The Bertz CT molecular complexity index is 976. The fraction of sp³-hybridized carbons (Fsp3) is 0.462. The molecule has 3 aliphatic heterocycles. The second-order valence-corrected chi connectivity index (χ2v) is 9.26. The summed E-state index contributed by atoms with van der Waals surface area (Å²) in [5, 5.41) is 0. The molecular weight excluding hydrogens is 421 g/mol. The summed E-state index contributed by atoms with van der Waals surface area (Å²) in [5.41, 5.74) is 2.21. The molecule has 0 saturated carbocycles. The number of carbonyl (C=O) groups excluding carboxylic acids is 2. The van der Waals surface area contributed by atoms with E-state index in [1.54, 1.807) is 0 Å². The molecule has 0 aliphatic carbocycles. The van der Waals surface area contributed by atoms with Gasteiger partial charge in [-0.05, 0) is 29.7 Å². The van der Waals surface area contributed by atoms with E-state index in [0.717, 1.165) is 30.6 Å². The number of fused-ring (bicyclic) bond motifs is 1. The van der Waals surface area contributed by atoms with Crippen LogP contribution in [0.1, 0.15) is 30.0 Å². The second-order valence-electron chi connectivity index (χ2n) is 9.26. The van der Waals surface area contributed by atoms with Crippen LogP contribution in [0.3, 0.4) is 0 Å². The highest BCUT2D eigenvalue weighted by Crippen LogP contribution is 2.31. The number of ether oxygens (including phenoxy) is 1. The summed E-state index contributed by atoms with van der Waals surface area (Å²) in [5.74, 6) is 0.00732. The van der Waals surface area contributed by atoms with Gasteiger partial charge < -0.3 is 14.5 Å². The monoisotopic (exact) mass is 451 g/mol. The Kier molecular flexibility index (Phi) is 6.42. The zero-order valence-corrected chi connectivity index (χ0v) is 18.7. The lowest BCUT2D eigenvalue weighted by Gasteiger charge is -2.44. The molecule has 3 saturated heterocycles. The molecule has 3 heterocycles. The minimum atomic E-state index is -0.241. The lowest BCUT2D eigenvalue weighted by Crippen LogP contribution is -2.57. The SMILES string of the molecule is O=C1CO[C@@H]2CCN(C(=O)N3CCN(C(c4ccccc4)c4ccc(F)cc4)CC3)C[C@@H]2C1. The van der Waals surface area contributed by atoms with Gasteiger partial charge in [-0.15, -0.1) is 0 Å². The largest absolute Gasteiger partial charge is 0.370 e. The highest BCUT2D eigenvalue weighted by molar-refractivity contribution is 5.81. The number of rotatable bonds is 3. The van der Waals surface area contributed by atoms with Gasteiger partial charge in [0.25, 0.3) is 0 Å². The Hall–Kier alpha value is -2.77. The van der Waals surface area contributed by atoms with Crippen LogP contribution in [0.2, 0.25) is 0 Å². The van der Waals surface area contributed by atoms with E-state index in [1.807, 2.05) is 40.1 Å². The van der Waals surface area contributed by atoms with Gasteiger partial charge >= 0.3 is 6.03 Å². The van der Waals surface area contributed by atoms with Crippen molar-refractivity contribution in [1.82, 2.24) is 14.7 Å². The number of ketones is 1. The van der Waals surface area contributed by atoms with E-state index in [2.05, 4.69) is 17.0 Å². The van der Waals surface area contributed by atoms with Gasteiger partial charge in [-0.2, -0.15) is 0 Å². The number of benzene rings is 2. The van der Waals surface area contributed by atoms with Gasteiger partial charge in [0, 0.05) is 51.6 Å². The third-order valence-corrected chi connectivity index (χ3v) is 7.13. The van der Waals surface area contributed by atoms with Crippen LogP contribution in [0.4, 0.5) is 9.18 Å². The maximum atomic E-state index is 13.5. The van der Waals surface area contributed by atoms with E-state index in [1.165, 1.54) is 12.1 Å². The quantitative estimate of drug-likeness (QED) is 0.719. The van der Waals surface area contributed by atoms with E-state index in [-0.39, 0.29) is 42.3 Å². The molecule has 174 valence electrons. The maximum Gasteiger partial charge on any atom is 0.320 e. The Balaban J connectivity index is 1.25. The van der Waals surface area contributed by atoms with Crippen LogP contribution in [0.15, 0.2) is 54.6 Å². The molecule has 33 heavy (non-hydrogen) atoms. The van der Waals surface area contributed by atoms with Gasteiger partial charge in [0.1, 0.15) is 12.4 Å². The van der Waals surface area contributed by atoms with Crippen LogP contribution in [-0.4, -0.2) is 78.5 Å². The fourth-order valence-corrected chi connectivity index (χ4v) is 5.42. The van der Waals surface area contributed by atoms with E-state index in [4.69, 9.17) is 4.74 Å². The van der Waals surface area contributed by atoms with Crippen molar-refractivity contribution < 1.29 is 18.7 Å². The topological polar surface area (TPSA) is 53.1 Å². The number of amides is 2. The Morgan fingerprint density at radius 3 is 2.33 bits per heavy atom. The summed E-state index contributed by atoms with van der Waals surface area (Å²) in [7, 11) is 0. The number of urea groups is 1. The molecule has 3 fully saturated rings. The van der Waals surface area contributed by atoms with Crippen molar-refractivity contribution in [3.05, 3.63) is 71.5 Å². The molecule has 1 unspecified atom stereocenters. The van der Waals surface area contributed by atoms with Gasteiger partial charge in [-0.25, -0.2) is 9.18 Å². The molecule has 3 atom stereocenters. The Morgan fingerprint density at radius 1 is 0.909 bits per heavy atom. The molecule has 0 aromatic heterocycles. The first-order valence-electron chi connectivity index (χ1n) is 11.8. The van der Waals surface area contributed by atoms with Crippen LogP contribution in [-0.2, 0) is 9.53 Å². The predicted molar refractivity (Wildman–Crippen MR) is 122 cm³/mol. The van der Waals surface area contributed by atoms with Gasteiger partial charge in [-0.1, -0.05) is 42.5 Å². The minimum absolute atomic E-state index is 0.0187. The standard InChI is InChI=1S/C26H30FN3O3/c27-22-8-6-20(7-9-22)25(19-4-2-1-3-5-19)28-12-14-29(15-13-28)26(32)30-11-10-24-21(17-30)16-23(31)18-33-24/h1-9,21,24-25H,10-18H2/t21-,24+,25?/m0/s1. The molecule has 3 aliphatic rings. The molecule has 2 aromatic carbocycles. The van der Waals surface area contributed by atoms with Crippen LogP contribution in [0, 0.1) is 11.7 Å². The second kappa shape index (κ2) is 9.61.